The highest BCUT2D eigenvalue weighted by Gasteiger charge is 2.58. The van der Waals surface area contributed by atoms with Gasteiger partial charge >= 0.3 is 0 Å². The van der Waals surface area contributed by atoms with Crippen LogP contribution < -0.4 is 5.73 Å². The maximum atomic E-state index is 11.5. The van der Waals surface area contributed by atoms with E-state index in [-0.39, 0.29) is 24.2 Å². The average molecular weight is 226 g/mol. The maximum absolute atomic E-state index is 11.5. The van der Waals surface area contributed by atoms with Crippen molar-refractivity contribution in [3.05, 3.63) is 0 Å². The molecule has 1 heterocycles. The fourth-order valence-corrected chi connectivity index (χ4v) is 4.80. The summed E-state index contributed by atoms with van der Waals surface area (Å²) >= 11 is 0. The highest BCUT2D eigenvalue weighted by atomic mass is 35.5. The zero-order chi connectivity index (χ0) is 8.82. The summed E-state index contributed by atoms with van der Waals surface area (Å²) in [4.78, 5) is 0. The van der Waals surface area contributed by atoms with Gasteiger partial charge in [0.25, 0.3) is 0 Å². The number of nitrogens with two attached hydrogens (primary N) is 1. The molecule has 1 spiro atoms. The van der Waals surface area contributed by atoms with E-state index in [2.05, 4.69) is 0 Å². The van der Waals surface area contributed by atoms with Crippen LogP contribution in [0.5, 0.6) is 0 Å². The van der Waals surface area contributed by atoms with Crippen LogP contribution in [0.1, 0.15) is 32.1 Å². The molecule has 1 unspecified atom stereocenters. The van der Waals surface area contributed by atoms with E-state index in [0.29, 0.717) is 0 Å². The Labute approximate surface area is 85.4 Å². The topological polar surface area (TPSA) is 60.2 Å². The third kappa shape index (κ3) is 1.39. The van der Waals surface area contributed by atoms with Crippen LogP contribution in [-0.4, -0.2) is 25.0 Å². The van der Waals surface area contributed by atoms with Crippen LogP contribution >= 0.6 is 12.4 Å². The third-order valence-corrected chi connectivity index (χ3v) is 6.14. The predicted molar refractivity (Wildman–Crippen MR) is 54.8 cm³/mol. The van der Waals surface area contributed by atoms with Gasteiger partial charge < -0.3 is 5.73 Å². The fourth-order valence-electron chi connectivity index (χ4n) is 2.52. The van der Waals surface area contributed by atoms with Crippen molar-refractivity contribution in [2.75, 3.05) is 5.75 Å². The highest BCUT2D eigenvalue weighted by Crippen LogP contribution is 2.44. The molecule has 0 bridgehead atoms. The van der Waals surface area contributed by atoms with E-state index >= 15 is 0 Å². The van der Waals surface area contributed by atoms with Gasteiger partial charge in [-0.25, -0.2) is 8.42 Å². The molecule has 2 fully saturated rings. The van der Waals surface area contributed by atoms with Gasteiger partial charge in [0, 0.05) is 6.04 Å². The number of hydrogen-bond acceptors (Lipinski definition) is 3. The first kappa shape index (κ1) is 11.3. The molecule has 2 rings (SSSR count). The lowest BCUT2D eigenvalue weighted by atomic mass is 9.83. The minimum Gasteiger partial charge on any atom is -0.325 e. The molecule has 2 aliphatic rings. The first-order valence-electron chi connectivity index (χ1n) is 4.56. The monoisotopic (exact) mass is 225 g/mol. The third-order valence-electron chi connectivity index (χ3n) is 3.39. The van der Waals surface area contributed by atoms with Crippen LogP contribution in [0.2, 0.25) is 0 Å². The Morgan fingerprint density at radius 1 is 1.15 bits per heavy atom. The fraction of sp³-hybridized carbons (Fsp3) is 1.00. The lowest BCUT2D eigenvalue weighted by Crippen LogP contribution is -2.68. The quantitative estimate of drug-likeness (QED) is 0.666. The van der Waals surface area contributed by atoms with Crippen molar-refractivity contribution in [2.45, 2.75) is 42.9 Å². The summed E-state index contributed by atoms with van der Waals surface area (Å²) in [5.74, 6) is 0.215. The summed E-state index contributed by atoms with van der Waals surface area (Å²) in [6, 6.07) is -0.0807. The Morgan fingerprint density at radius 2 is 1.69 bits per heavy atom. The Bertz CT molecular complexity index is 283. The number of hydrogen-bond donors (Lipinski definition) is 1. The van der Waals surface area contributed by atoms with E-state index in [0.717, 1.165) is 25.7 Å². The van der Waals surface area contributed by atoms with Gasteiger partial charge in [-0.3, -0.25) is 0 Å². The van der Waals surface area contributed by atoms with Gasteiger partial charge in [-0.2, -0.15) is 0 Å². The van der Waals surface area contributed by atoms with Crippen LogP contribution in [0.25, 0.3) is 0 Å². The molecule has 3 nitrogen and oxygen atoms in total. The van der Waals surface area contributed by atoms with Crippen LogP contribution in [-0.2, 0) is 9.84 Å². The lowest BCUT2D eigenvalue weighted by Gasteiger charge is -2.49. The Hall–Kier alpha value is 0.200. The van der Waals surface area contributed by atoms with Gasteiger partial charge in [-0.05, 0) is 12.8 Å². The molecule has 0 aromatic heterocycles. The van der Waals surface area contributed by atoms with Crippen molar-refractivity contribution in [3.8, 4) is 0 Å². The van der Waals surface area contributed by atoms with Crippen LogP contribution in [0.4, 0.5) is 0 Å². The SMILES string of the molecule is Cl.NC1CS(=O)(=O)C12CCCCC2. The van der Waals surface area contributed by atoms with Crippen LogP contribution in [0, 0.1) is 0 Å². The molecule has 0 aromatic rings. The second-order valence-electron chi connectivity index (χ2n) is 4.01. The van der Waals surface area contributed by atoms with E-state index in [1.807, 2.05) is 0 Å². The van der Waals surface area contributed by atoms with Crippen molar-refractivity contribution in [3.63, 3.8) is 0 Å². The number of sulfone groups is 1. The van der Waals surface area contributed by atoms with Gasteiger partial charge in [-0.1, -0.05) is 19.3 Å². The molecule has 0 aromatic carbocycles. The van der Waals surface area contributed by atoms with Crippen molar-refractivity contribution in [1.29, 1.82) is 0 Å². The number of halogens is 1. The molecular weight excluding hydrogens is 210 g/mol. The molecule has 13 heavy (non-hydrogen) atoms. The van der Waals surface area contributed by atoms with E-state index in [1.54, 1.807) is 0 Å². The van der Waals surface area contributed by atoms with Crippen LogP contribution in [0.15, 0.2) is 0 Å². The van der Waals surface area contributed by atoms with Gasteiger partial charge in [0.2, 0.25) is 0 Å². The molecule has 1 saturated carbocycles. The first-order chi connectivity index (χ1) is 5.58. The summed E-state index contributed by atoms with van der Waals surface area (Å²) in [5.41, 5.74) is 5.78. The molecule has 78 valence electrons. The van der Waals surface area contributed by atoms with Crippen LogP contribution in [0.3, 0.4) is 0 Å². The summed E-state index contributed by atoms with van der Waals surface area (Å²) in [7, 11) is -2.82. The number of rotatable bonds is 0. The van der Waals surface area contributed by atoms with Gasteiger partial charge in [0.15, 0.2) is 9.84 Å². The van der Waals surface area contributed by atoms with E-state index in [4.69, 9.17) is 5.73 Å². The first-order valence-corrected chi connectivity index (χ1v) is 6.22. The summed E-state index contributed by atoms with van der Waals surface area (Å²) in [6.45, 7) is 0. The second-order valence-corrected chi connectivity index (χ2v) is 6.39. The van der Waals surface area contributed by atoms with Crippen molar-refractivity contribution >= 4 is 22.2 Å². The summed E-state index contributed by atoms with van der Waals surface area (Å²) < 4.78 is 22.6. The summed E-state index contributed by atoms with van der Waals surface area (Å²) in [5, 5.41) is 0. The molecule has 5 heteroatoms. The smallest absolute Gasteiger partial charge is 0.159 e. The van der Waals surface area contributed by atoms with Gasteiger partial charge in [-0.15, -0.1) is 12.4 Å². The highest BCUT2D eigenvalue weighted by molar-refractivity contribution is 7.94. The largest absolute Gasteiger partial charge is 0.325 e. The van der Waals surface area contributed by atoms with E-state index in [9.17, 15) is 8.42 Å². The predicted octanol–water partition coefficient (Wildman–Crippen LogP) is 0.867. The second kappa shape index (κ2) is 3.41. The minimum atomic E-state index is -2.82. The Kier molecular flexibility index (Phi) is 2.95. The zero-order valence-corrected chi connectivity index (χ0v) is 9.16. The van der Waals surface area contributed by atoms with E-state index < -0.39 is 14.6 Å². The normalized spacial score (nSPS) is 34.7. The van der Waals surface area contributed by atoms with Crippen molar-refractivity contribution in [1.82, 2.24) is 0 Å². The lowest BCUT2D eigenvalue weighted by molar-refractivity contribution is 0.304. The standard InChI is InChI=1S/C8H15NO2S.ClH/c9-7-6-12(10,11)8(7)4-2-1-3-5-8;/h7H,1-6,9H2;1H. The molecule has 0 amide bonds. The van der Waals surface area contributed by atoms with Gasteiger partial charge in [0.05, 0.1) is 10.5 Å². The molecule has 1 aliphatic carbocycles. The Balaban J connectivity index is 0.000000845. The molecule has 1 saturated heterocycles. The van der Waals surface area contributed by atoms with E-state index in [1.165, 1.54) is 6.42 Å². The van der Waals surface area contributed by atoms with Crippen molar-refractivity contribution < 1.29 is 8.42 Å². The molecule has 2 N–H and O–H groups in total. The minimum absolute atomic E-state index is 0. The van der Waals surface area contributed by atoms with Crippen molar-refractivity contribution in [2.24, 2.45) is 5.73 Å². The molecular formula is C8H16ClNO2S. The maximum Gasteiger partial charge on any atom is 0.159 e. The molecule has 1 atom stereocenters. The average Bonchev–Trinajstić information content (AvgIpc) is 2.05. The molecule has 1 aliphatic heterocycles. The van der Waals surface area contributed by atoms with Gasteiger partial charge in [0.1, 0.15) is 0 Å². The summed E-state index contributed by atoms with van der Waals surface area (Å²) in [6.07, 6.45) is 4.84. The molecule has 0 radical (unpaired) electrons. The Morgan fingerprint density at radius 3 is 2.00 bits per heavy atom. The zero-order valence-electron chi connectivity index (χ0n) is 7.53.